The molecule has 1 saturated carbocycles. The van der Waals surface area contributed by atoms with E-state index in [1.807, 2.05) is 82.3 Å². The summed E-state index contributed by atoms with van der Waals surface area (Å²) in [6.07, 6.45) is 8.45. The lowest BCUT2D eigenvalue weighted by Gasteiger charge is -2.16. The molecule has 224 valence electrons. The van der Waals surface area contributed by atoms with Crippen LogP contribution >= 0.6 is 0 Å². The molecule has 0 bridgehead atoms. The molecule has 44 heavy (non-hydrogen) atoms. The van der Waals surface area contributed by atoms with Crippen molar-refractivity contribution < 1.29 is 14.0 Å². The number of aryl methyl sites for hydroxylation is 1. The number of nitrogens with zero attached hydrogens (tertiary/aromatic N) is 3. The van der Waals surface area contributed by atoms with Gasteiger partial charge in [-0.1, -0.05) is 44.7 Å². The maximum Gasteiger partial charge on any atom is 0.255 e. The van der Waals surface area contributed by atoms with E-state index in [0.29, 0.717) is 39.5 Å². The van der Waals surface area contributed by atoms with Crippen molar-refractivity contribution in [3.8, 4) is 22.5 Å². The Labute approximate surface area is 256 Å². The summed E-state index contributed by atoms with van der Waals surface area (Å²) in [7, 11) is 1.59. The minimum atomic E-state index is -0.579. The van der Waals surface area contributed by atoms with E-state index in [1.165, 1.54) is 0 Å². The minimum absolute atomic E-state index is 0.197. The smallest absolute Gasteiger partial charge is 0.255 e. The summed E-state index contributed by atoms with van der Waals surface area (Å²) >= 11 is 0. The van der Waals surface area contributed by atoms with E-state index in [9.17, 15) is 9.59 Å². The van der Waals surface area contributed by atoms with E-state index in [0.717, 1.165) is 40.7 Å². The number of rotatable bonds is 8. The number of carbonyl (C=O) groups is 2. The van der Waals surface area contributed by atoms with Crippen molar-refractivity contribution in [2.45, 2.75) is 46.1 Å². The van der Waals surface area contributed by atoms with E-state index in [2.05, 4.69) is 37.4 Å². The van der Waals surface area contributed by atoms with Gasteiger partial charge in [0.15, 0.2) is 11.6 Å². The van der Waals surface area contributed by atoms with Crippen molar-refractivity contribution in [3.05, 3.63) is 108 Å². The highest BCUT2D eigenvalue weighted by atomic mass is 16.3. The Morgan fingerprint density at radius 2 is 1.77 bits per heavy atom. The first-order valence-electron chi connectivity index (χ1n) is 14.7. The number of furan rings is 1. The molecule has 2 aromatic carbocycles. The maximum atomic E-state index is 13.5. The summed E-state index contributed by atoms with van der Waals surface area (Å²) in [5.74, 6) is 1.23. The van der Waals surface area contributed by atoms with Crippen LogP contribution in [0.1, 0.15) is 71.5 Å². The molecule has 1 aliphatic rings. The van der Waals surface area contributed by atoms with E-state index in [-0.39, 0.29) is 11.8 Å². The van der Waals surface area contributed by atoms with Crippen molar-refractivity contribution >= 4 is 28.4 Å². The third-order valence-electron chi connectivity index (χ3n) is 7.73. The van der Waals surface area contributed by atoms with Gasteiger partial charge in [-0.3, -0.25) is 19.7 Å². The van der Waals surface area contributed by atoms with Crippen molar-refractivity contribution in [3.63, 3.8) is 0 Å². The number of amides is 2. The zero-order chi connectivity index (χ0) is 31.4. The van der Waals surface area contributed by atoms with E-state index < -0.39 is 5.54 Å². The summed E-state index contributed by atoms with van der Waals surface area (Å²) in [4.78, 5) is 35.2. The third kappa shape index (κ3) is 5.56. The SMILES string of the molecule is C=C/C(=C\C)c1oc2ccc(-c3cc(C(=O)NC4(c5nc(-c6ccncc6)n[nH]5)CC4)ccc3C)cc2c1C(=O)NC.CC. The summed E-state index contributed by atoms with van der Waals surface area (Å²) in [5.41, 5.74) is 5.32. The molecule has 3 N–H and O–H groups in total. The number of fused-ring (bicyclic) bond motifs is 1. The molecule has 2 amide bonds. The number of hydrogen-bond acceptors (Lipinski definition) is 6. The monoisotopic (exact) mass is 588 g/mol. The largest absolute Gasteiger partial charge is 0.455 e. The van der Waals surface area contributed by atoms with Gasteiger partial charge in [-0.15, -0.1) is 0 Å². The number of carbonyl (C=O) groups excluding carboxylic acids is 2. The lowest BCUT2D eigenvalue weighted by molar-refractivity contribution is 0.0927. The van der Waals surface area contributed by atoms with Crippen LogP contribution in [0.4, 0.5) is 0 Å². The number of aromatic amines is 1. The van der Waals surface area contributed by atoms with Crippen LogP contribution in [0.3, 0.4) is 0 Å². The van der Waals surface area contributed by atoms with Crippen LogP contribution in [-0.2, 0) is 5.54 Å². The second kappa shape index (κ2) is 12.5. The molecule has 1 aliphatic carbocycles. The van der Waals surface area contributed by atoms with Crippen molar-refractivity contribution in [1.82, 2.24) is 30.8 Å². The van der Waals surface area contributed by atoms with Gasteiger partial charge in [0.2, 0.25) is 0 Å². The van der Waals surface area contributed by atoms with E-state index in [1.54, 1.807) is 25.5 Å². The van der Waals surface area contributed by atoms with Crippen LogP contribution < -0.4 is 10.6 Å². The topological polar surface area (TPSA) is 126 Å². The molecular weight excluding hydrogens is 552 g/mol. The lowest BCUT2D eigenvalue weighted by Crippen LogP contribution is -2.35. The number of aromatic nitrogens is 4. The molecule has 3 aromatic heterocycles. The molecule has 3 heterocycles. The van der Waals surface area contributed by atoms with E-state index in [4.69, 9.17) is 4.42 Å². The predicted molar refractivity (Wildman–Crippen MR) is 173 cm³/mol. The van der Waals surface area contributed by atoms with Gasteiger partial charge in [-0.25, -0.2) is 4.98 Å². The fourth-order valence-electron chi connectivity index (χ4n) is 5.18. The summed E-state index contributed by atoms with van der Waals surface area (Å²) in [6.45, 7) is 11.7. The number of benzene rings is 2. The quantitative estimate of drug-likeness (QED) is 0.168. The van der Waals surface area contributed by atoms with Gasteiger partial charge < -0.3 is 15.1 Å². The Hall–Kier alpha value is -5.31. The highest BCUT2D eigenvalue weighted by Crippen LogP contribution is 2.44. The predicted octanol–water partition coefficient (Wildman–Crippen LogP) is 6.98. The fraction of sp³-hybridized carbons (Fsp3) is 0.229. The van der Waals surface area contributed by atoms with Gasteiger partial charge >= 0.3 is 0 Å². The minimum Gasteiger partial charge on any atom is -0.455 e. The van der Waals surface area contributed by atoms with Crippen LogP contribution in [0.5, 0.6) is 0 Å². The normalized spacial score (nSPS) is 13.5. The van der Waals surface area contributed by atoms with Crippen molar-refractivity contribution in [2.75, 3.05) is 7.05 Å². The molecule has 5 aromatic rings. The zero-order valence-electron chi connectivity index (χ0n) is 25.6. The van der Waals surface area contributed by atoms with Gasteiger partial charge in [0, 0.05) is 41.5 Å². The van der Waals surface area contributed by atoms with Crippen molar-refractivity contribution in [1.29, 1.82) is 0 Å². The molecule has 9 heteroatoms. The van der Waals surface area contributed by atoms with Gasteiger partial charge in [0.25, 0.3) is 11.8 Å². The third-order valence-corrected chi connectivity index (χ3v) is 7.73. The molecule has 0 spiro atoms. The molecule has 6 rings (SSSR count). The second-order valence-corrected chi connectivity index (χ2v) is 10.4. The zero-order valence-corrected chi connectivity index (χ0v) is 25.6. The highest BCUT2D eigenvalue weighted by Gasteiger charge is 2.49. The van der Waals surface area contributed by atoms with Gasteiger partial charge in [-0.05, 0) is 79.8 Å². The molecule has 9 nitrogen and oxygen atoms in total. The summed E-state index contributed by atoms with van der Waals surface area (Å²) in [6, 6.07) is 15.0. The lowest BCUT2D eigenvalue weighted by atomic mass is 9.95. The molecule has 0 aliphatic heterocycles. The van der Waals surface area contributed by atoms with Crippen molar-refractivity contribution in [2.24, 2.45) is 0 Å². The average Bonchev–Trinajstić information content (AvgIpc) is 3.48. The molecule has 0 unspecified atom stereocenters. The Morgan fingerprint density at radius 1 is 1.02 bits per heavy atom. The summed E-state index contributed by atoms with van der Waals surface area (Å²) in [5, 5.41) is 14.0. The molecule has 0 atom stereocenters. The van der Waals surface area contributed by atoms with Gasteiger partial charge in [-0.2, -0.15) is 5.10 Å². The van der Waals surface area contributed by atoms with Crippen LogP contribution in [0.2, 0.25) is 0 Å². The van der Waals surface area contributed by atoms with Crippen LogP contribution in [-0.4, -0.2) is 39.0 Å². The Morgan fingerprint density at radius 3 is 2.43 bits per heavy atom. The second-order valence-electron chi connectivity index (χ2n) is 10.4. The number of hydrogen-bond donors (Lipinski definition) is 3. The Balaban J connectivity index is 0.00000188. The number of allylic oxidation sites excluding steroid dienone is 3. The number of H-pyrrole nitrogens is 1. The Bertz CT molecular complexity index is 1880. The first kappa shape index (κ1) is 30.2. The van der Waals surface area contributed by atoms with Crippen LogP contribution in [0, 0.1) is 6.92 Å². The number of nitrogens with one attached hydrogen (secondary N) is 3. The highest BCUT2D eigenvalue weighted by molar-refractivity contribution is 6.11. The van der Waals surface area contributed by atoms with Gasteiger partial charge in [0.1, 0.15) is 11.3 Å². The first-order valence-corrected chi connectivity index (χ1v) is 14.7. The van der Waals surface area contributed by atoms with Crippen LogP contribution in [0.15, 0.2) is 84.1 Å². The fourth-order valence-corrected chi connectivity index (χ4v) is 5.18. The standard InChI is InChI=1S/C33H30N6O3.C2H6/c1-5-20(6-2)28-27(31(41)34-4)25-17-22(9-10-26(25)42-28)24-18-23(8-7-19(24)3)30(40)37-33(13-14-33)32-36-29(38-39-32)21-11-15-35-16-12-21;1-2/h5-12,15-18H,1,13-14H2,2-4H3,(H,34,41)(H,37,40)(H,36,38,39);1-2H3/b20-6+;. The molecule has 1 fully saturated rings. The molecular formula is C35H36N6O3. The Kier molecular flexibility index (Phi) is 8.57. The maximum absolute atomic E-state index is 13.5. The van der Waals surface area contributed by atoms with E-state index >= 15 is 0 Å². The summed E-state index contributed by atoms with van der Waals surface area (Å²) < 4.78 is 6.10. The van der Waals surface area contributed by atoms with Gasteiger partial charge in [0.05, 0.1) is 11.1 Å². The number of pyridine rings is 1. The first-order chi connectivity index (χ1) is 21.4. The molecule has 0 saturated heterocycles. The molecule has 0 radical (unpaired) electrons. The average molecular weight is 589 g/mol. The van der Waals surface area contributed by atoms with Crippen LogP contribution in [0.25, 0.3) is 39.1 Å².